The molecule has 1 atom stereocenters. The zero-order chi connectivity index (χ0) is 13.2. The lowest BCUT2D eigenvalue weighted by Crippen LogP contribution is -2.15. The molecule has 0 aromatic carbocycles. The van der Waals surface area contributed by atoms with Crippen molar-refractivity contribution in [1.82, 2.24) is 25.1 Å². The third-order valence-corrected chi connectivity index (χ3v) is 3.64. The Labute approximate surface area is 113 Å². The fourth-order valence-electron chi connectivity index (χ4n) is 2.67. The van der Waals surface area contributed by atoms with Crippen molar-refractivity contribution >= 4 is 0 Å². The van der Waals surface area contributed by atoms with E-state index in [-0.39, 0.29) is 0 Å². The van der Waals surface area contributed by atoms with Crippen LogP contribution in [0.5, 0.6) is 0 Å². The third-order valence-electron chi connectivity index (χ3n) is 3.64. The van der Waals surface area contributed by atoms with E-state index >= 15 is 0 Å². The summed E-state index contributed by atoms with van der Waals surface area (Å²) < 4.78 is 0. The van der Waals surface area contributed by atoms with Gasteiger partial charge in [-0.25, -0.2) is 4.98 Å². The van der Waals surface area contributed by atoms with Gasteiger partial charge in [-0.3, -0.25) is 10.1 Å². The Kier molecular flexibility index (Phi) is 3.29. The maximum atomic E-state index is 4.68. The molecule has 0 aliphatic carbocycles. The van der Waals surface area contributed by atoms with E-state index in [1.165, 1.54) is 13.0 Å². The fraction of sp³-hybridized carbons (Fsp3) is 0.500. The molecular weight excluding hydrogens is 238 g/mol. The molecule has 5 heteroatoms. The van der Waals surface area contributed by atoms with E-state index in [2.05, 4.69) is 32.1 Å². The Hall–Kier alpha value is -1.75. The number of nitrogens with zero attached hydrogens (tertiary/aromatic N) is 4. The maximum Gasteiger partial charge on any atom is 0.112 e. The molecule has 1 saturated heterocycles. The van der Waals surface area contributed by atoms with Gasteiger partial charge in [0.2, 0.25) is 0 Å². The molecule has 1 aliphatic rings. The lowest BCUT2D eigenvalue weighted by molar-refractivity contribution is 0.393. The van der Waals surface area contributed by atoms with Gasteiger partial charge in [0.05, 0.1) is 11.9 Å². The standard InChI is InChI=1S/C14H19N5/c1-10-5-13(18-17-10)14-8-15-7-12(16-14)6-11-3-4-19(2)9-11/h5,7-8,11H,3-4,6,9H2,1-2H3,(H,17,18)/t11-/m1/s1. The number of nitrogens with one attached hydrogen (secondary N) is 1. The van der Waals surface area contributed by atoms with E-state index in [4.69, 9.17) is 0 Å². The topological polar surface area (TPSA) is 57.7 Å². The summed E-state index contributed by atoms with van der Waals surface area (Å²) in [4.78, 5) is 11.4. The minimum Gasteiger partial charge on any atom is -0.306 e. The quantitative estimate of drug-likeness (QED) is 0.908. The number of aryl methyl sites for hydroxylation is 1. The van der Waals surface area contributed by atoms with E-state index in [0.717, 1.165) is 35.7 Å². The van der Waals surface area contributed by atoms with Crippen LogP contribution in [-0.4, -0.2) is 45.2 Å². The Morgan fingerprint density at radius 1 is 1.37 bits per heavy atom. The first-order chi connectivity index (χ1) is 9.20. The molecule has 1 fully saturated rings. The molecule has 1 aliphatic heterocycles. The average molecular weight is 257 g/mol. The Morgan fingerprint density at radius 3 is 2.95 bits per heavy atom. The van der Waals surface area contributed by atoms with Gasteiger partial charge in [-0.2, -0.15) is 5.10 Å². The number of likely N-dealkylation sites (tertiary alicyclic amines) is 1. The predicted octanol–water partition coefficient (Wildman–Crippen LogP) is 1.67. The number of hydrogen-bond acceptors (Lipinski definition) is 4. The number of H-pyrrole nitrogens is 1. The summed E-state index contributed by atoms with van der Waals surface area (Å²) >= 11 is 0. The zero-order valence-electron chi connectivity index (χ0n) is 11.4. The van der Waals surface area contributed by atoms with Crippen molar-refractivity contribution in [2.75, 3.05) is 20.1 Å². The van der Waals surface area contributed by atoms with Crippen LogP contribution in [0, 0.1) is 12.8 Å². The molecule has 0 bridgehead atoms. The summed E-state index contributed by atoms with van der Waals surface area (Å²) in [5.41, 5.74) is 3.83. The van der Waals surface area contributed by atoms with Crippen LogP contribution in [0.25, 0.3) is 11.4 Å². The van der Waals surface area contributed by atoms with Crippen LogP contribution in [0.3, 0.4) is 0 Å². The molecule has 5 nitrogen and oxygen atoms in total. The van der Waals surface area contributed by atoms with Gasteiger partial charge in [0, 0.05) is 18.4 Å². The van der Waals surface area contributed by atoms with Crippen molar-refractivity contribution in [1.29, 1.82) is 0 Å². The highest BCUT2D eigenvalue weighted by Gasteiger charge is 2.20. The van der Waals surface area contributed by atoms with Gasteiger partial charge < -0.3 is 4.90 Å². The molecule has 3 rings (SSSR count). The normalized spacial score (nSPS) is 20.0. The lowest BCUT2D eigenvalue weighted by Gasteiger charge is -2.09. The van der Waals surface area contributed by atoms with Gasteiger partial charge in [-0.15, -0.1) is 0 Å². The van der Waals surface area contributed by atoms with Gasteiger partial charge in [-0.05, 0) is 45.3 Å². The van der Waals surface area contributed by atoms with Gasteiger partial charge in [0.25, 0.3) is 0 Å². The van der Waals surface area contributed by atoms with Crippen molar-refractivity contribution in [3.8, 4) is 11.4 Å². The molecule has 0 unspecified atom stereocenters. The molecule has 2 aromatic heterocycles. The number of hydrogen-bond donors (Lipinski definition) is 1. The average Bonchev–Trinajstić information content (AvgIpc) is 2.99. The minimum atomic E-state index is 0.704. The summed E-state index contributed by atoms with van der Waals surface area (Å²) in [6.45, 7) is 4.34. The number of aromatic nitrogens is 4. The third kappa shape index (κ3) is 2.81. The molecular formula is C14H19N5. The molecule has 0 spiro atoms. The van der Waals surface area contributed by atoms with E-state index in [9.17, 15) is 0 Å². The summed E-state index contributed by atoms with van der Waals surface area (Å²) in [6.07, 6.45) is 5.92. The smallest absolute Gasteiger partial charge is 0.112 e. The highest BCUT2D eigenvalue weighted by Crippen LogP contribution is 2.20. The number of rotatable bonds is 3. The van der Waals surface area contributed by atoms with Gasteiger partial charge in [-0.1, -0.05) is 0 Å². The molecule has 0 saturated carbocycles. The molecule has 0 radical (unpaired) electrons. The summed E-state index contributed by atoms with van der Waals surface area (Å²) in [6, 6.07) is 2.00. The summed E-state index contributed by atoms with van der Waals surface area (Å²) in [5.74, 6) is 0.704. The second kappa shape index (κ2) is 5.09. The van der Waals surface area contributed by atoms with Crippen molar-refractivity contribution in [3.05, 3.63) is 29.8 Å². The SMILES string of the molecule is Cc1cc(-c2cncc(C[C@H]3CCN(C)C3)n2)n[nH]1. The van der Waals surface area contributed by atoms with Crippen LogP contribution >= 0.6 is 0 Å². The first kappa shape index (κ1) is 12.3. The van der Waals surface area contributed by atoms with Crippen LogP contribution < -0.4 is 0 Å². The molecule has 19 heavy (non-hydrogen) atoms. The second-order valence-corrected chi connectivity index (χ2v) is 5.45. The number of aromatic amines is 1. The van der Waals surface area contributed by atoms with Crippen LogP contribution in [0.1, 0.15) is 17.8 Å². The van der Waals surface area contributed by atoms with Gasteiger partial charge >= 0.3 is 0 Å². The highest BCUT2D eigenvalue weighted by molar-refractivity contribution is 5.52. The van der Waals surface area contributed by atoms with Crippen molar-refractivity contribution in [3.63, 3.8) is 0 Å². The molecule has 2 aromatic rings. The van der Waals surface area contributed by atoms with E-state index in [1.807, 2.05) is 19.2 Å². The Morgan fingerprint density at radius 2 is 2.26 bits per heavy atom. The van der Waals surface area contributed by atoms with Crippen LogP contribution in [-0.2, 0) is 6.42 Å². The van der Waals surface area contributed by atoms with Crippen LogP contribution in [0.2, 0.25) is 0 Å². The first-order valence-electron chi connectivity index (χ1n) is 6.72. The Bertz CT molecular complexity index is 562. The summed E-state index contributed by atoms with van der Waals surface area (Å²) in [7, 11) is 2.18. The molecule has 3 heterocycles. The largest absolute Gasteiger partial charge is 0.306 e. The van der Waals surface area contributed by atoms with Crippen LogP contribution in [0.4, 0.5) is 0 Å². The molecule has 100 valence electrons. The molecule has 0 amide bonds. The summed E-state index contributed by atoms with van der Waals surface area (Å²) in [5, 5.41) is 7.18. The van der Waals surface area contributed by atoms with E-state index in [0.29, 0.717) is 5.92 Å². The van der Waals surface area contributed by atoms with Gasteiger partial charge in [0.15, 0.2) is 0 Å². The van der Waals surface area contributed by atoms with Gasteiger partial charge in [0.1, 0.15) is 11.4 Å². The molecule has 1 N–H and O–H groups in total. The lowest BCUT2D eigenvalue weighted by atomic mass is 10.0. The van der Waals surface area contributed by atoms with Crippen molar-refractivity contribution in [2.24, 2.45) is 5.92 Å². The van der Waals surface area contributed by atoms with Crippen molar-refractivity contribution in [2.45, 2.75) is 19.8 Å². The first-order valence-corrected chi connectivity index (χ1v) is 6.72. The zero-order valence-corrected chi connectivity index (χ0v) is 11.4. The van der Waals surface area contributed by atoms with E-state index in [1.54, 1.807) is 6.20 Å². The van der Waals surface area contributed by atoms with Crippen LogP contribution in [0.15, 0.2) is 18.5 Å². The minimum absolute atomic E-state index is 0.704. The monoisotopic (exact) mass is 257 g/mol. The fourth-order valence-corrected chi connectivity index (χ4v) is 2.67. The maximum absolute atomic E-state index is 4.68. The van der Waals surface area contributed by atoms with Crippen molar-refractivity contribution < 1.29 is 0 Å². The van der Waals surface area contributed by atoms with E-state index < -0.39 is 0 Å². The predicted molar refractivity (Wildman–Crippen MR) is 73.7 cm³/mol. The highest BCUT2D eigenvalue weighted by atomic mass is 15.1. The second-order valence-electron chi connectivity index (χ2n) is 5.45. The Balaban J connectivity index is 1.76.